The van der Waals surface area contributed by atoms with Crippen LogP contribution in [0.5, 0.6) is 0 Å². The third-order valence-electron chi connectivity index (χ3n) is 3.56. The maximum atomic E-state index is 12.1. The number of ether oxygens (including phenoxy) is 1. The molecule has 1 aromatic carbocycles. The third kappa shape index (κ3) is 6.08. The first-order valence-electron chi connectivity index (χ1n) is 8.27. The van der Waals surface area contributed by atoms with E-state index in [1.54, 1.807) is 19.1 Å². The number of amides is 2. The zero-order valence-corrected chi connectivity index (χ0v) is 14.7. The number of hydrogen-bond acceptors (Lipinski definition) is 4. The Morgan fingerprint density at radius 1 is 1.08 bits per heavy atom. The SMILES string of the molecule is CC(C)OCc1ccc(CNC(=O)C(C)NC(=O)c2ccco2)cc1. The van der Waals surface area contributed by atoms with E-state index in [9.17, 15) is 9.59 Å². The predicted octanol–water partition coefficient (Wildman–Crippen LogP) is 2.64. The Balaban J connectivity index is 1.78. The van der Waals surface area contributed by atoms with Gasteiger partial charge in [0.05, 0.1) is 19.0 Å². The second-order valence-corrected chi connectivity index (χ2v) is 6.07. The van der Waals surface area contributed by atoms with Crippen LogP contribution in [0.3, 0.4) is 0 Å². The molecule has 0 saturated heterocycles. The van der Waals surface area contributed by atoms with Crippen molar-refractivity contribution in [3.63, 3.8) is 0 Å². The summed E-state index contributed by atoms with van der Waals surface area (Å²) in [4.78, 5) is 23.9. The van der Waals surface area contributed by atoms with Gasteiger partial charge in [-0.3, -0.25) is 9.59 Å². The Labute approximate surface area is 147 Å². The maximum Gasteiger partial charge on any atom is 0.287 e. The van der Waals surface area contributed by atoms with Crippen LogP contribution in [0.25, 0.3) is 0 Å². The van der Waals surface area contributed by atoms with E-state index in [2.05, 4.69) is 10.6 Å². The summed E-state index contributed by atoms with van der Waals surface area (Å²) in [5.41, 5.74) is 2.06. The standard InChI is InChI=1S/C19H24N2O4/c1-13(2)25-12-16-8-6-15(7-9-16)11-20-18(22)14(3)21-19(23)17-5-4-10-24-17/h4-10,13-14H,11-12H2,1-3H3,(H,20,22)(H,21,23). The molecule has 1 unspecified atom stereocenters. The van der Waals surface area contributed by atoms with Crippen LogP contribution in [0.2, 0.25) is 0 Å². The average molecular weight is 344 g/mol. The van der Waals surface area contributed by atoms with Gasteiger partial charge >= 0.3 is 0 Å². The molecule has 2 N–H and O–H groups in total. The van der Waals surface area contributed by atoms with Gasteiger partial charge < -0.3 is 19.8 Å². The molecule has 6 nitrogen and oxygen atoms in total. The van der Waals surface area contributed by atoms with Crippen LogP contribution in [-0.4, -0.2) is 24.0 Å². The monoisotopic (exact) mass is 344 g/mol. The molecule has 0 spiro atoms. The minimum Gasteiger partial charge on any atom is -0.459 e. The van der Waals surface area contributed by atoms with Gasteiger partial charge in [0.1, 0.15) is 6.04 Å². The Morgan fingerprint density at radius 2 is 1.76 bits per heavy atom. The maximum absolute atomic E-state index is 12.1. The summed E-state index contributed by atoms with van der Waals surface area (Å²) in [7, 11) is 0. The summed E-state index contributed by atoms with van der Waals surface area (Å²) in [5.74, 6) is -0.492. The molecular formula is C19H24N2O4. The van der Waals surface area contributed by atoms with Crippen LogP contribution >= 0.6 is 0 Å². The van der Waals surface area contributed by atoms with Gasteiger partial charge in [0.25, 0.3) is 5.91 Å². The van der Waals surface area contributed by atoms with Crippen molar-refractivity contribution < 1.29 is 18.7 Å². The van der Waals surface area contributed by atoms with E-state index in [0.29, 0.717) is 13.2 Å². The van der Waals surface area contributed by atoms with Crippen molar-refractivity contribution in [1.29, 1.82) is 0 Å². The van der Waals surface area contributed by atoms with Crippen LogP contribution in [0, 0.1) is 0 Å². The van der Waals surface area contributed by atoms with Crippen molar-refractivity contribution >= 4 is 11.8 Å². The van der Waals surface area contributed by atoms with E-state index < -0.39 is 11.9 Å². The van der Waals surface area contributed by atoms with Crippen LogP contribution in [-0.2, 0) is 22.7 Å². The molecule has 0 aliphatic rings. The molecule has 0 aliphatic carbocycles. The van der Waals surface area contributed by atoms with Gasteiger partial charge in [-0.1, -0.05) is 24.3 Å². The Bertz CT molecular complexity index is 678. The minimum atomic E-state index is -0.656. The molecular weight excluding hydrogens is 320 g/mol. The number of hydrogen-bond donors (Lipinski definition) is 2. The lowest BCUT2D eigenvalue weighted by atomic mass is 10.1. The molecule has 1 atom stereocenters. The molecule has 0 saturated carbocycles. The number of furan rings is 1. The summed E-state index contributed by atoms with van der Waals surface area (Å²) in [6.07, 6.45) is 1.60. The normalized spacial score (nSPS) is 12.0. The second-order valence-electron chi connectivity index (χ2n) is 6.07. The van der Waals surface area contributed by atoms with Gasteiger partial charge in [0, 0.05) is 6.54 Å². The molecule has 1 aromatic heterocycles. The molecule has 1 heterocycles. The Kier molecular flexibility index (Phi) is 6.77. The van der Waals surface area contributed by atoms with Crippen molar-refractivity contribution in [1.82, 2.24) is 10.6 Å². The molecule has 2 rings (SSSR count). The molecule has 2 amide bonds. The summed E-state index contributed by atoms with van der Waals surface area (Å²) >= 11 is 0. The molecule has 6 heteroatoms. The molecule has 25 heavy (non-hydrogen) atoms. The zero-order chi connectivity index (χ0) is 18.2. The predicted molar refractivity (Wildman–Crippen MR) is 93.8 cm³/mol. The highest BCUT2D eigenvalue weighted by Crippen LogP contribution is 2.07. The number of benzene rings is 1. The molecule has 2 aromatic rings. The van der Waals surface area contributed by atoms with Gasteiger partial charge in [-0.15, -0.1) is 0 Å². The highest BCUT2D eigenvalue weighted by atomic mass is 16.5. The largest absolute Gasteiger partial charge is 0.459 e. The molecule has 0 aliphatic heterocycles. The third-order valence-corrected chi connectivity index (χ3v) is 3.56. The topological polar surface area (TPSA) is 80.6 Å². The van der Waals surface area contributed by atoms with E-state index in [1.165, 1.54) is 6.26 Å². The molecule has 0 bridgehead atoms. The number of nitrogens with one attached hydrogen (secondary N) is 2. The van der Waals surface area contributed by atoms with E-state index in [1.807, 2.05) is 38.1 Å². The van der Waals surface area contributed by atoms with Crippen molar-refractivity contribution in [2.24, 2.45) is 0 Å². The van der Waals surface area contributed by atoms with Gasteiger partial charge in [0.2, 0.25) is 5.91 Å². The zero-order valence-electron chi connectivity index (χ0n) is 14.7. The van der Waals surface area contributed by atoms with E-state index >= 15 is 0 Å². The number of rotatable bonds is 8. The summed E-state index contributed by atoms with van der Waals surface area (Å²) in [6, 6.07) is 10.4. The van der Waals surface area contributed by atoms with Crippen LogP contribution < -0.4 is 10.6 Å². The molecule has 134 valence electrons. The fourth-order valence-electron chi connectivity index (χ4n) is 2.10. The lowest BCUT2D eigenvalue weighted by molar-refractivity contribution is -0.122. The quantitative estimate of drug-likeness (QED) is 0.771. The van der Waals surface area contributed by atoms with Crippen molar-refractivity contribution in [3.8, 4) is 0 Å². The number of carbonyl (C=O) groups excluding carboxylic acids is 2. The fraction of sp³-hybridized carbons (Fsp3) is 0.368. The van der Waals surface area contributed by atoms with E-state index in [0.717, 1.165) is 11.1 Å². The van der Waals surface area contributed by atoms with Gasteiger partial charge in [0.15, 0.2) is 5.76 Å². The lowest BCUT2D eigenvalue weighted by Gasteiger charge is -2.13. The fourth-order valence-corrected chi connectivity index (χ4v) is 2.10. The first-order chi connectivity index (χ1) is 12.0. The Hall–Kier alpha value is -2.60. The lowest BCUT2D eigenvalue weighted by Crippen LogP contribution is -2.44. The van der Waals surface area contributed by atoms with Gasteiger partial charge in [-0.05, 0) is 44.0 Å². The van der Waals surface area contributed by atoms with E-state index in [4.69, 9.17) is 9.15 Å². The molecule has 0 radical (unpaired) electrons. The smallest absolute Gasteiger partial charge is 0.287 e. The second kappa shape index (κ2) is 9.03. The number of carbonyl (C=O) groups is 2. The minimum absolute atomic E-state index is 0.179. The van der Waals surface area contributed by atoms with Crippen molar-refractivity contribution in [2.45, 2.75) is 46.1 Å². The van der Waals surface area contributed by atoms with E-state index in [-0.39, 0.29) is 17.8 Å². The Morgan fingerprint density at radius 3 is 2.36 bits per heavy atom. The van der Waals surface area contributed by atoms with Crippen LogP contribution in [0.4, 0.5) is 0 Å². The highest BCUT2D eigenvalue weighted by Gasteiger charge is 2.17. The van der Waals surface area contributed by atoms with Crippen molar-refractivity contribution in [3.05, 3.63) is 59.5 Å². The first-order valence-corrected chi connectivity index (χ1v) is 8.27. The van der Waals surface area contributed by atoms with Gasteiger partial charge in [-0.2, -0.15) is 0 Å². The summed E-state index contributed by atoms with van der Waals surface area (Å²) in [5, 5.41) is 5.40. The summed E-state index contributed by atoms with van der Waals surface area (Å²) in [6.45, 7) is 6.58. The molecule has 0 fully saturated rings. The van der Waals surface area contributed by atoms with Crippen LogP contribution in [0.1, 0.15) is 42.5 Å². The summed E-state index contributed by atoms with van der Waals surface area (Å²) < 4.78 is 10.5. The average Bonchev–Trinajstić information content (AvgIpc) is 3.13. The first kappa shape index (κ1) is 18.7. The van der Waals surface area contributed by atoms with Crippen LogP contribution in [0.15, 0.2) is 47.1 Å². The van der Waals surface area contributed by atoms with Gasteiger partial charge in [-0.25, -0.2) is 0 Å². The highest BCUT2D eigenvalue weighted by molar-refractivity contribution is 5.95. The van der Waals surface area contributed by atoms with Crippen molar-refractivity contribution in [2.75, 3.05) is 0 Å².